The van der Waals surface area contributed by atoms with Crippen molar-refractivity contribution in [1.29, 1.82) is 0 Å². The van der Waals surface area contributed by atoms with Crippen LogP contribution in [-0.2, 0) is 6.18 Å². The molecule has 1 aromatic heterocycles. The van der Waals surface area contributed by atoms with E-state index in [-0.39, 0.29) is 24.1 Å². The van der Waals surface area contributed by atoms with E-state index in [4.69, 9.17) is 9.47 Å². The number of halogens is 3. The third-order valence-electron chi connectivity index (χ3n) is 3.89. The highest BCUT2D eigenvalue weighted by Gasteiger charge is 2.33. The number of H-pyrrole nitrogens is 1. The van der Waals surface area contributed by atoms with Gasteiger partial charge < -0.3 is 14.8 Å². The van der Waals surface area contributed by atoms with E-state index in [0.29, 0.717) is 23.3 Å². The lowest BCUT2D eigenvalue weighted by Gasteiger charge is -2.07. The van der Waals surface area contributed by atoms with Gasteiger partial charge in [-0.25, -0.2) is 0 Å². The summed E-state index contributed by atoms with van der Waals surface area (Å²) in [5.41, 5.74) is -1.41. The minimum Gasteiger partial charge on any atom is -0.454 e. The van der Waals surface area contributed by atoms with Crippen LogP contribution in [0.3, 0.4) is 0 Å². The van der Waals surface area contributed by atoms with Crippen molar-refractivity contribution in [2.24, 2.45) is 0 Å². The summed E-state index contributed by atoms with van der Waals surface area (Å²) in [4.78, 5) is 14.4. The van der Waals surface area contributed by atoms with Gasteiger partial charge in [0.05, 0.1) is 16.1 Å². The van der Waals surface area contributed by atoms with E-state index in [9.17, 15) is 23.3 Å². The number of aromatic nitrogens is 3. The maximum absolute atomic E-state index is 12.8. The molecular formula is C16H10F3N5O4. The monoisotopic (exact) mass is 393 g/mol. The van der Waals surface area contributed by atoms with Crippen molar-refractivity contribution >= 4 is 17.3 Å². The Morgan fingerprint density at radius 3 is 2.68 bits per heavy atom. The Kier molecular flexibility index (Phi) is 4.02. The Bertz CT molecular complexity index is 1070. The van der Waals surface area contributed by atoms with Crippen LogP contribution in [0.1, 0.15) is 5.56 Å². The minimum absolute atomic E-state index is 0.0522. The molecule has 3 aromatic rings. The highest BCUT2D eigenvalue weighted by molar-refractivity contribution is 5.70. The zero-order valence-corrected chi connectivity index (χ0v) is 13.8. The normalized spacial score (nSPS) is 12.8. The SMILES string of the molecule is O=[N+]([O-])c1cc(C(F)(F)F)ccc1-c1nc(Nc2ccc3c(c2)OCO3)n[nH]1. The van der Waals surface area contributed by atoms with Crippen molar-refractivity contribution in [1.82, 2.24) is 15.2 Å². The van der Waals surface area contributed by atoms with Gasteiger partial charge in [0.2, 0.25) is 12.7 Å². The lowest BCUT2D eigenvalue weighted by atomic mass is 10.1. The van der Waals surface area contributed by atoms with Crippen molar-refractivity contribution in [2.45, 2.75) is 6.18 Å². The van der Waals surface area contributed by atoms with Crippen LogP contribution in [0.2, 0.25) is 0 Å². The van der Waals surface area contributed by atoms with Crippen molar-refractivity contribution in [3.63, 3.8) is 0 Å². The van der Waals surface area contributed by atoms with E-state index in [2.05, 4.69) is 20.5 Å². The average molecular weight is 393 g/mol. The van der Waals surface area contributed by atoms with Gasteiger partial charge in [0.1, 0.15) is 0 Å². The molecule has 0 aliphatic carbocycles. The van der Waals surface area contributed by atoms with Gasteiger partial charge in [0, 0.05) is 17.8 Å². The second kappa shape index (κ2) is 6.40. The lowest BCUT2D eigenvalue weighted by Crippen LogP contribution is -2.06. The van der Waals surface area contributed by atoms with E-state index < -0.39 is 22.4 Å². The molecule has 2 heterocycles. The molecule has 0 spiro atoms. The summed E-state index contributed by atoms with van der Waals surface area (Å²) in [7, 11) is 0. The predicted octanol–water partition coefficient (Wildman–Crippen LogP) is 3.87. The first kappa shape index (κ1) is 17.6. The summed E-state index contributed by atoms with van der Waals surface area (Å²) >= 11 is 0. The fraction of sp³-hybridized carbons (Fsp3) is 0.125. The van der Waals surface area contributed by atoms with E-state index in [1.807, 2.05) is 0 Å². The molecule has 9 nitrogen and oxygen atoms in total. The van der Waals surface area contributed by atoms with Gasteiger partial charge >= 0.3 is 6.18 Å². The van der Waals surface area contributed by atoms with Crippen LogP contribution >= 0.6 is 0 Å². The first-order chi connectivity index (χ1) is 13.3. The summed E-state index contributed by atoms with van der Waals surface area (Å²) in [6.07, 6.45) is -4.70. The van der Waals surface area contributed by atoms with Gasteiger partial charge in [-0.2, -0.15) is 18.2 Å². The second-order valence-corrected chi connectivity index (χ2v) is 5.69. The van der Waals surface area contributed by atoms with E-state index >= 15 is 0 Å². The molecule has 0 radical (unpaired) electrons. The standard InChI is InChI=1S/C16H10F3N5O4/c17-16(18,19)8-1-3-10(11(5-8)24(25)26)14-21-15(23-22-14)20-9-2-4-12-13(6-9)28-7-27-12/h1-6H,7H2,(H2,20,21,22,23). The Morgan fingerprint density at radius 1 is 1.14 bits per heavy atom. The Hall–Kier alpha value is -3.83. The zero-order valence-electron chi connectivity index (χ0n) is 13.8. The molecule has 144 valence electrons. The third-order valence-corrected chi connectivity index (χ3v) is 3.89. The molecule has 4 rings (SSSR count). The second-order valence-electron chi connectivity index (χ2n) is 5.69. The Balaban J connectivity index is 1.63. The molecule has 12 heteroatoms. The molecular weight excluding hydrogens is 383 g/mol. The highest BCUT2D eigenvalue weighted by atomic mass is 19.4. The lowest BCUT2D eigenvalue weighted by molar-refractivity contribution is -0.384. The molecule has 28 heavy (non-hydrogen) atoms. The summed E-state index contributed by atoms with van der Waals surface area (Å²) in [5.74, 6) is 1.13. The Morgan fingerprint density at radius 2 is 1.93 bits per heavy atom. The summed E-state index contributed by atoms with van der Waals surface area (Å²) in [6, 6.07) is 7.20. The van der Waals surface area contributed by atoms with Crippen LogP contribution in [0.15, 0.2) is 36.4 Å². The molecule has 0 saturated heterocycles. The first-order valence-electron chi connectivity index (χ1n) is 7.76. The smallest absolute Gasteiger partial charge is 0.416 e. The fourth-order valence-electron chi connectivity index (χ4n) is 2.60. The van der Waals surface area contributed by atoms with Gasteiger partial charge in [-0.05, 0) is 24.3 Å². The molecule has 0 bridgehead atoms. The quantitative estimate of drug-likeness (QED) is 0.511. The summed E-state index contributed by atoms with van der Waals surface area (Å²) in [5, 5.41) is 20.5. The number of nitrogens with zero attached hydrogens (tertiary/aromatic N) is 3. The number of nitrogens with one attached hydrogen (secondary N) is 2. The average Bonchev–Trinajstić information content (AvgIpc) is 3.29. The fourth-order valence-corrected chi connectivity index (χ4v) is 2.60. The third kappa shape index (κ3) is 3.26. The van der Waals surface area contributed by atoms with Crippen molar-refractivity contribution < 1.29 is 27.6 Å². The van der Waals surface area contributed by atoms with Crippen LogP contribution in [-0.4, -0.2) is 26.9 Å². The molecule has 1 aliphatic heterocycles. The topological polar surface area (TPSA) is 115 Å². The molecule has 0 saturated carbocycles. The number of ether oxygens (including phenoxy) is 2. The zero-order chi connectivity index (χ0) is 19.9. The van der Waals surface area contributed by atoms with Crippen molar-refractivity contribution in [2.75, 3.05) is 12.1 Å². The van der Waals surface area contributed by atoms with Crippen LogP contribution in [0, 0.1) is 10.1 Å². The predicted molar refractivity (Wildman–Crippen MR) is 89.3 cm³/mol. The number of hydrogen-bond donors (Lipinski definition) is 2. The van der Waals surface area contributed by atoms with Crippen LogP contribution < -0.4 is 14.8 Å². The molecule has 1 aliphatic rings. The number of nitro groups is 1. The van der Waals surface area contributed by atoms with Gasteiger partial charge in [0.25, 0.3) is 5.69 Å². The summed E-state index contributed by atoms with van der Waals surface area (Å²) in [6.45, 7) is 0.112. The number of anilines is 2. The molecule has 2 N–H and O–H groups in total. The molecule has 0 amide bonds. The Labute approximate surface area is 154 Å². The van der Waals surface area contributed by atoms with Gasteiger partial charge in [-0.1, -0.05) is 0 Å². The van der Waals surface area contributed by atoms with Crippen LogP contribution in [0.25, 0.3) is 11.4 Å². The number of fused-ring (bicyclic) bond motifs is 1. The molecule has 2 aromatic carbocycles. The minimum atomic E-state index is -4.70. The number of nitro benzene ring substituents is 1. The summed E-state index contributed by atoms with van der Waals surface area (Å²) < 4.78 is 48.9. The van der Waals surface area contributed by atoms with E-state index in [0.717, 1.165) is 12.1 Å². The van der Waals surface area contributed by atoms with Crippen LogP contribution in [0.4, 0.5) is 30.5 Å². The van der Waals surface area contributed by atoms with Crippen molar-refractivity contribution in [3.05, 3.63) is 52.1 Å². The molecule has 0 unspecified atom stereocenters. The number of benzene rings is 2. The van der Waals surface area contributed by atoms with Gasteiger partial charge in [-0.3, -0.25) is 15.2 Å². The van der Waals surface area contributed by atoms with Crippen molar-refractivity contribution in [3.8, 4) is 22.9 Å². The van der Waals surface area contributed by atoms with Gasteiger partial charge in [-0.15, -0.1) is 5.10 Å². The molecule has 0 fully saturated rings. The van der Waals surface area contributed by atoms with Crippen LogP contribution in [0.5, 0.6) is 11.5 Å². The van der Waals surface area contributed by atoms with E-state index in [1.165, 1.54) is 0 Å². The first-order valence-corrected chi connectivity index (χ1v) is 7.76. The maximum Gasteiger partial charge on any atom is 0.416 e. The number of alkyl halides is 3. The highest BCUT2D eigenvalue weighted by Crippen LogP contribution is 2.37. The number of aromatic amines is 1. The van der Waals surface area contributed by atoms with Gasteiger partial charge in [0.15, 0.2) is 17.3 Å². The number of hydrogen-bond acceptors (Lipinski definition) is 7. The van der Waals surface area contributed by atoms with E-state index in [1.54, 1.807) is 18.2 Å². The maximum atomic E-state index is 12.8. The largest absolute Gasteiger partial charge is 0.454 e. The molecule has 0 atom stereocenters. The number of rotatable bonds is 4.